The molecule has 0 aliphatic rings. The minimum Gasteiger partial charge on any atom is -0.494 e. The van der Waals surface area contributed by atoms with E-state index in [0.717, 1.165) is 6.07 Å². The summed E-state index contributed by atoms with van der Waals surface area (Å²) >= 11 is 0. The van der Waals surface area contributed by atoms with Crippen molar-refractivity contribution in [2.24, 2.45) is 0 Å². The summed E-state index contributed by atoms with van der Waals surface area (Å²) in [7, 11) is 0. The second-order valence-corrected chi connectivity index (χ2v) is 1.41. The Labute approximate surface area is 50.5 Å². The van der Waals surface area contributed by atoms with Crippen molar-refractivity contribution in [1.29, 1.82) is 0 Å². The number of H-pyrrole nitrogens is 2. The lowest BCUT2D eigenvalue weighted by Crippen LogP contribution is -2.19. The third-order valence-corrected chi connectivity index (χ3v) is 0.706. The number of nitrogens with one attached hydrogen (secondary N) is 2. The van der Waals surface area contributed by atoms with E-state index in [1.807, 2.05) is 0 Å². The molecule has 5 nitrogen and oxygen atoms in total. The average molecular weight is 130 g/mol. The molecular weight excluding hydrogens is 124 g/mol. The monoisotopic (exact) mass is 130 g/mol. The normalized spacial score (nSPS) is 10.9. The SMILES string of the molecule is [3H]n1c(O)cc(=O)[nH]c1=O. The van der Waals surface area contributed by atoms with Crippen LogP contribution in [-0.2, 0) is 0 Å². The minimum absolute atomic E-state index is 0.182. The van der Waals surface area contributed by atoms with Crippen molar-refractivity contribution in [3.8, 4) is 5.88 Å². The zero-order chi connectivity index (χ0) is 7.72. The van der Waals surface area contributed by atoms with E-state index >= 15 is 0 Å². The van der Waals surface area contributed by atoms with Gasteiger partial charge in [-0.2, -0.15) is 0 Å². The van der Waals surface area contributed by atoms with E-state index in [4.69, 9.17) is 6.52 Å². The van der Waals surface area contributed by atoms with Crippen LogP contribution in [0, 0.1) is 0 Å². The molecule has 1 aromatic heterocycles. The summed E-state index contributed by atoms with van der Waals surface area (Å²) < 4.78 is 6.72. The molecule has 0 fully saturated rings. The van der Waals surface area contributed by atoms with Gasteiger partial charge >= 0.3 is 5.69 Å². The van der Waals surface area contributed by atoms with Crippen molar-refractivity contribution in [2.45, 2.75) is 0 Å². The van der Waals surface area contributed by atoms with Crippen LogP contribution >= 0.6 is 0 Å². The van der Waals surface area contributed by atoms with Crippen LogP contribution in [0.4, 0.5) is 0 Å². The largest absolute Gasteiger partial charge is 0.494 e. The highest BCUT2D eigenvalue weighted by atomic mass is 16.3. The fourth-order valence-corrected chi connectivity index (χ4v) is 0.423. The Bertz CT molecular complexity index is 352. The van der Waals surface area contributed by atoms with Crippen LogP contribution in [0.15, 0.2) is 15.7 Å². The van der Waals surface area contributed by atoms with E-state index in [0.29, 0.717) is 0 Å². The third kappa shape index (κ3) is 1.18. The average Bonchev–Trinajstić information content (AvgIpc) is 1.82. The van der Waals surface area contributed by atoms with Gasteiger partial charge in [-0.25, -0.2) is 4.79 Å². The van der Waals surface area contributed by atoms with E-state index in [1.54, 1.807) is 4.98 Å². The van der Waals surface area contributed by atoms with Crippen LogP contribution in [-0.4, -0.2) is 15.1 Å². The lowest BCUT2D eigenvalue weighted by Gasteiger charge is -1.84. The molecule has 0 bridgehead atoms. The summed E-state index contributed by atoms with van der Waals surface area (Å²) in [5, 5.41) is 8.64. The molecule has 5 heteroatoms. The van der Waals surface area contributed by atoms with Gasteiger partial charge in [0, 0.05) is 0 Å². The Morgan fingerprint density at radius 3 is 2.89 bits per heavy atom. The minimum atomic E-state index is -0.954. The Kier molecular flexibility index (Phi) is 0.860. The number of hydrogen-bond acceptors (Lipinski definition) is 3. The van der Waals surface area contributed by atoms with Crippen LogP contribution < -0.4 is 11.2 Å². The lowest BCUT2D eigenvalue weighted by atomic mass is 10.6. The lowest BCUT2D eigenvalue weighted by molar-refractivity contribution is 0.448. The number of aromatic nitrogens is 2. The fraction of sp³-hybridized carbons (Fsp3) is 0. The fourth-order valence-electron chi connectivity index (χ4n) is 0.423. The van der Waals surface area contributed by atoms with Gasteiger partial charge in [0.05, 0.1) is 6.07 Å². The van der Waals surface area contributed by atoms with Crippen LogP contribution in [0.25, 0.3) is 0 Å². The van der Waals surface area contributed by atoms with Gasteiger partial charge in [-0.05, 0) is 0 Å². The summed E-state index contributed by atoms with van der Waals surface area (Å²) in [6.07, 6.45) is 0. The molecule has 3 N–H and O–H groups in total. The Morgan fingerprint density at radius 2 is 2.33 bits per heavy atom. The van der Waals surface area contributed by atoms with Gasteiger partial charge in [-0.15, -0.1) is 0 Å². The topological polar surface area (TPSA) is 85.9 Å². The van der Waals surface area contributed by atoms with E-state index in [2.05, 4.69) is 0 Å². The molecule has 48 valence electrons. The molecule has 0 aliphatic heterocycles. The van der Waals surface area contributed by atoms with Crippen molar-refractivity contribution in [1.82, 2.24) is 9.96 Å². The predicted molar refractivity (Wildman–Crippen MR) is 29.3 cm³/mol. The number of rotatable bonds is 0. The highest BCUT2D eigenvalue weighted by molar-refractivity contribution is 5.01. The molecule has 0 atom stereocenters. The molecule has 0 saturated carbocycles. The van der Waals surface area contributed by atoms with E-state index in [1.165, 1.54) is 0 Å². The number of hydrogen-bond donors (Lipinski definition) is 3. The zero-order valence-corrected chi connectivity index (χ0v) is 4.29. The molecule has 0 amide bonds. The zero-order valence-electron chi connectivity index (χ0n) is 5.29. The molecule has 9 heavy (non-hydrogen) atoms. The molecule has 1 aromatic rings. The van der Waals surface area contributed by atoms with Crippen molar-refractivity contribution in [2.75, 3.05) is 0 Å². The molecular formula is C4H4N2O3. The van der Waals surface area contributed by atoms with Crippen LogP contribution in [0.2, 0.25) is 1.41 Å². The second-order valence-electron chi connectivity index (χ2n) is 1.41. The van der Waals surface area contributed by atoms with Gasteiger partial charge in [0.2, 0.25) is 0 Å². The summed E-state index contributed by atoms with van der Waals surface area (Å²) in [4.78, 5) is 22.7. The first-order valence-corrected chi connectivity index (χ1v) is 2.16. The first-order valence-electron chi connectivity index (χ1n) is 2.60. The quantitative estimate of drug-likeness (QED) is 0.411. The molecule has 0 unspecified atom stereocenters. The van der Waals surface area contributed by atoms with E-state index in [-0.39, 0.29) is 4.98 Å². The maximum Gasteiger partial charge on any atom is 0.328 e. The van der Waals surface area contributed by atoms with Crippen molar-refractivity contribution in [3.63, 3.8) is 0 Å². The number of aromatic hydroxyl groups is 1. The molecule has 0 radical (unpaired) electrons. The van der Waals surface area contributed by atoms with Gasteiger partial charge in [0.1, 0.15) is 0 Å². The van der Waals surface area contributed by atoms with Gasteiger partial charge in [-0.3, -0.25) is 14.8 Å². The Morgan fingerprint density at radius 1 is 1.67 bits per heavy atom. The highest BCUT2D eigenvalue weighted by Crippen LogP contribution is 1.87. The maximum atomic E-state index is 10.4. The highest BCUT2D eigenvalue weighted by Gasteiger charge is 1.88. The van der Waals surface area contributed by atoms with Crippen LogP contribution in [0.5, 0.6) is 5.88 Å². The van der Waals surface area contributed by atoms with Gasteiger partial charge in [-0.1, -0.05) is 0 Å². The summed E-state index contributed by atoms with van der Waals surface area (Å²) in [5.41, 5.74) is -1.67. The molecule has 0 aromatic carbocycles. The molecule has 0 spiro atoms. The van der Waals surface area contributed by atoms with Gasteiger partial charge in [0.15, 0.2) is 7.29 Å². The summed E-state index contributed by atoms with van der Waals surface area (Å²) in [5.74, 6) is -0.672. The Hall–Kier alpha value is -1.52. The first-order chi connectivity index (χ1) is 4.61. The summed E-state index contributed by atoms with van der Waals surface area (Å²) in [6, 6.07) is 0.744. The van der Waals surface area contributed by atoms with Crippen molar-refractivity contribution < 1.29 is 6.52 Å². The molecule has 0 saturated heterocycles. The predicted octanol–water partition coefficient (Wildman–Crippen LogP) is -1.23. The Balaban J connectivity index is 3.62. The smallest absolute Gasteiger partial charge is 0.328 e. The van der Waals surface area contributed by atoms with E-state index < -0.39 is 17.1 Å². The third-order valence-electron chi connectivity index (χ3n) is 0.706. The van der Waals surface area contributed by atoms with Gasteiger partial charge < -0.3 is 5.11 Å². The van der Waals surface area contributed by atoms with E-state index in [9.17, 15) is 9.59 Å². The van der Waals surface area contributed by atoms with Gasteiger partial charge in [0.25, 0.3) is 5.56 Å². The van der Waals surface area contributed by atoms with Crippen LogP contribution in [0.1, 0.15) is 0 Å². The maximum absolute atomic E-state index is 10.4. The molecule has 1 rings (SSSR count). The molecule has 0 aliphatic carbocycles. The summed E-state index contributed by atoms with van der Waals surface area (Å²) in [6.45, 7) is 0. The number of aromatic amines is 2. The van der Waals surface area contributed by atoms with Crippen molar-refractivity contribution >= 4 is 0 Å². The first kappa shape index (κ1) is 4.37. The standard InChI is InChI=1S/C4H4N2O3/c7-2-1-3(8)6-4(9)5-2/h1H,(H3,5,6,7,8,9)/i/hT. The van der Waals surface area contributed by atoms with Crippen molar-refractivity contribution in [3.05, 3.63) is 26.9 Å². The van der Waals surface area contributed by atoms with Crippen LogP contribution in [0.3, 0.4) is 0 Å². The molecule has 1 heterocycles. The second kappa shape index (κ2) is 1.77.